The van der Waals surface area contributed by atoms with Gasteiger partial charge in [0.25, 0.3) is 11.5 Å². The molecule has 6 nitrogen and oxygen atoms in total. The maximum absolute atomic E-state index is 13.7. The van der Waals surface area contributed by atoms with E-state index in [4.69, 9.17) is 5.11 Å². The number of amides is 1. The Bertz CT molecular complexity index is 1160. The molecule has 2 N–H and O–H groups in total. The molecule has 0 aliphatic heterocycles. The van der Waals surface area contributed by atoms with Crippen LogP contribution in [0.4, 0.5) is 17.6 Å². The second-order valence-electron chi connectivity index (χ2n) is 6.77. The highest BCUT2D eigenvalue weighted by Crippen LogP contribution is 2.20. The van der Waals surface area contributed by atoms with Gasteiger partial charge < -0.3 is 10.4 Å². The summed E-state index contributed by atoms with van der Waals surface area (Å²) in [7, 11) is 0. The van der Waals surface area contributed by atoms with Crippen molar-refractivity contribution in [2.45, 2.75) is 19.2 Å². The number of benzene rings is 2. The zero-order valence-corrected chi connectivity index (χ0v) is 16.2. The summed E-state index contributed by atoms with van der Waals surface area (Å²) in [5, 5.41) is 15.2. The lowest BCUT2D eigenvalue weighted by Crippen LogP contribution is -2.42. The van der Waals surface area contributed by atoms with Gasteiger partial charge in [-0.05, 0) is 31.2 Å². The number of carbonyl (C=O) groups excluding carboxylic acids is 1. The smallest absolute Gasteiger partial charge is 0.382 e. The molecule has 31 heavy (non-hydrogen) atoms. The molecular formula is C21H17F4N3O3. The van der Waals surface area contributed by atoms with Crippen molar-refractivity contribution >= 4 is 5.91 Å². The van der Waals surface area contributed by atoms with E-state index in [0.717, 1.165) is 28.4 Å². The first-order valence-corrected chi connectivity index (χ1v) is 9.06. The summed E-state index contributed by atoms with van der Waals surface area (Å²) in [5.74, 6) is -1.78. The van der Waals surface area contributed by atoms with Crippen LogP contribution in [0.25, 0.3) is 16.9 Å². The van der Waals surface area contributed by atoms with E-state index in [9.17, 15) is 27.2 Å². The predicted octanol–water partition coefficient (Wildman–Crippen LogP) is 3.00. The van der Waals surface area contributed by atoms with Crippen LogP contribution in [-0.4, -0.2) is 39.6 Å². The number of aliphatic hydroxyl groups excluding tert-OH is 1. The van der Waals surface area contributed by atoms with E-state index < -0.39 is 41.7 Å². The van der Waals surface area contributed by atoms with Gasteiger partial charge in [0, 0.05) is 5.56 Å². The molecule has 0 radical (unpaired) electrons. The molecule has 2 aromatic carbocycles. The molecule has 1 heterocycles. The van der Waals surface area contributed by atoms with Gasteiger partial charge in [-0.15, -0.1) is 0 Å². The van der Waals surface area contributed by atoms with Crippen molar-refractivity contribution in [2.75, 3.05) is 6.54 Å². The van der Waals surface area contributed by atoms with Crippen LogP contribution in [0.15, 0.2) is 59.4 Å². The fourth-order valence-electron chi connectivity index (χ4n) is 2.71. The Morgan fingerprint density at radius 3 is 2.45 bits per heavy atom. The van der Waals surface area contributed by atoms with Crippen molar-refractivity contribution in [1.29, 1.82) is 0 Å². The van der Waals surface area contributed by atoms with Crippen molar-refractivity contribution in [3.05, 3.63) is 81.9 Å². The van der Waals surface area contributed by atoms with Crippen LogP contribution in [-0.2, 0) is 0 Å². The molecule has 1 atom stereocenters. The summed E-state index contributed by atoms with van der Waals surface area (Å²) < 4.78 is 52.0. The van der Waals surface area contributed by atoms with Crippen LogP contribution in [0.2, 0.25) is 0 Å². The summed E-state index contributed by atoms with van der Waals surface area (Å²) in [6, 6.07) is 13.0. The van der Waals surface area contributed by atoms with Gasteiger partial charge in [-0.25, -0.2) is 4.39 Å². The molecule has 0 aliphatic rings. The number of aliphatic hydroxyl groups is 1. The zero-order valence-electron chi connectivity index (χ0n) is 16.2. The zero-order chi connectivity index (χ0) is 22.8. The third kappa shape index (κ3) is 5.15. The van der Waals surface area contributed by atoms with Gasteiger partial charge in [0.1, 0.15) is 11.4 Å². The molecule has 10 heteroatoms. The largest absolute Gasteiger partial charge is 0.416 e. The average Bonchev–Trinajstić information content (AvgIpc) is 2.72. The number of carbonyl (C=O) groups is 1. The summed E-state index contributed by atoms with van der Waals surface area (Å²) in [4.78, 5) is 25.3. The molecule has 1 aromatic heterocycles. The minimum atomic E-state index is -4.93. The van der Waals surface area contributed by atoms with E-state index in [0.29, 0.717) is 5.56 Å². The second kappa shape index (κ2) is 8.68. The van der Waals surface area contributed by atoms with Gasteiger partial charge in [-0.3, -0.25) is 9.59 Å². The Hall–Kier alpha value is -3.53. The molecule has 0 saturated heterocycles. The van der Waals surface area contributed by atoms with Crippen molar-refractivity contribution in [3.63, 3.8) is 0 Å². The Morgan fingerprint density at radius 1 is 1.16 bits per heavy atom. The fourth-order valence-corrected chi connectivity index (χ4v) is 2.71. The molecule has 0 bridgehead atoms. The Labute approximate surface area is 173 Å². The van der Waals surface area contributed by atoms with Crippen LogP contribution in [0.1, 0.15) is 15.9 Å². The monoisotopic (exact) mass is 435 g/mol. The molecule has 3 rings (SSSR count). The second-order valence-corrected chi connectivity index (χ2v) is 6.77. The van der Waals surface area contributed by atoms with Crippen LogP contribution in [0.3, 0.4) is 0 Å². The number of hydrogen-bond acceptors (Lipinski definition) is 4. The van der Waals surface area contributed by atoms with E-state index in [2.05, 4.69) is 5.10 Å². The van der Waals surface area contributed by atoms with E-state index in [-0.39, 0.29) is 11.4 Å². The van der Waals surface area contributed by atoms with Gasteiger partial charge in [-0.1, -0.05) is 35.9 Å². The maximum Gasteiger partial charge on any atom is 0.416 e. The Balaban J connectivity index is 2.08. The van der Waals surface area contributed by atoms with Crippen molar-refractivity contribution in [2.24, 2.45) is 0 Å². The minimum Gasteiger partial charge on any atom is -0.382 e. The number of rotatable bonds is 5. The fraction of sp³-hybridized carbons (Fsp3) is 0.190. The molecule has 3 aromatic rings. The quantitative estimate of drug-likeness (QED) is 0.604. The van der Waals surface area contributed by atoms with Gasteiger partial charge in [0.2, 0.25) is 0 Å². The van der Waals surface area contributed by atoms with Crippen LogP contribution >= 0.6 is 0 Å². The summed E-state index contributed by atoms with van der Waals surface area (Å²) in [6.07, 6.45) is -7.72. The Kier molecular flexibility index (Phi) is 6.21. The molecule has 0 fully saturated rings. The number of nitrogens with zero attached hydrogens (tertiary/aromatic N) is 2. The predicted molar refractivity (Wildman–Crippen MR) is 104 cm³/mol. The highest BCUT2D eigenvalue weighted by molar-refractivity contribution is 5.94. The SMILES string of the molecule is Cc1ccc(-c2cc(C(=O)NC[C@@H](O)C(F)(F)F)c(=O)n(-c3cccc(F)c3)n2)cc1. The first kappa shape index (κ1) is 22.2. The number of alkyl halides is 3. The topological polar surface area (TPSA) is 84.2 Å². The van der Waals surface area contributed by atoms with Gasteiger partial charge >= 0.3 is 6.18 Å². The summed E-state index contributed by atoms with van der Waals surface area (Å²) in [6.45, 7) is 0.722. The van der Waals surface area contributed by atoms with Gasteiger partial charge in [0.05, 0.1) is 17.9 Å². The van der Waals surface area contributed by atoms with Crippen molar-refractivity contribution in [3.8, 4) is 16.9 Å². The molecule has 1 amide bonds. The molecule has 0 spiro atoms. The Morgan fingerprint density at radius 2 is 1.84 bits per heavy atom. The summed E-state index contributed by atoms with van der Waals surface area (Å²) in [5.41, 5.74) is 0.208. The number of hydrogen-bond donors (Lipinski definition) is 2. The molecule has 0 unspecified atom stereocenters. The van der Waals surface area contributed by atoms with Crippen molar-refractivity contribution < 1.29 is 27.5 Å². The molecule has 0 saturated carbocycles. The number of aryl methyl sites for hydroxylation is 1. The van der Waals surface area contributed by atoms with Crippen LogP contribution in [0.5, 0.6) is 0 Å². The lowest BCUT2D eigenvalue weighted by atomic mass is 10.1. The number of aromatic nitrogens is 2. The minimum absolute atomic E-state index is 0.0309. The first-order valence-electron chi connectivity index (χ1n) is 9.06. The highest BCUT2D eigenvalue weighted by Gasteiger charge is 2.38. The highest BCUT2D eigenvalue weighted by atomic mass is 19.4. The van der Waals surface area contributed by atoms with E-state index in [1.807, 2.05) is 12.2 Å². The van der Waals surface area contributed by atoms with Crippen LogP contribution < -0.4 is 10.9 Å². The standard InChI is InChI=1S/C21H17F4N3O3/c1-12-5-7-13(8-6-12)17-10-16(19(30)26-11-18(29)21(23,24)25)20(31)28(27-17)15-4-2-3-14(22)9-15/h2-10,18,29H,11H2,1H3,(H,26,30)/t18-/m1/s1. The summed E-state index contributed by atoms with van der Waals surface area (Å²) >= 11 is 0. The van der Waals surface area contributed by atoms with Gasteiger partial charge in [0.15, 0.2) is 6.10 Å². The lowest BCUT2D eigenvalue weighted by Gasteiger charge is -2.15. The molecular weight excluding hydrogens is 418 g/mol. The van der Waals surface area contributed by atoms with E-state index in [1.165, 1.54) is 12.1 Å². The van der Waals surface area contributed by atoms with Gasteiger partial charge in [-0.2, -0.15) is 23.0 Å². The normalized spacial score (nSPS) is 12.5. The third-order valence-corrected chi connectivity index (χ3v) is 4.39. The lowest BCUT2D eigenvalue weighted by molar-refractivity contribution is -0.201. The third-order valence-electron chi connectivity index (χ3n) is 4.39. The maximum atomic E-state index is 13.7. The first-order chi connectivity index (χ1) is 14.6. The van der Waals surface area contributed by atoms with Crippen LogP contribution in [0, 0.1) is 12.7 Å². The van der Waals surface area contributed by atoms with E-state index >= 15 is 0 Å². The van der Waals surface area contributed by atoms with Crippen molar-refractivity contribution in [1.82, 2.24) is 15.1 Å². The number of halogens is 4. The average molecular weight is 435 g/mol. The number of nitrogens with one attached hydrogen (secondary N) is 1. The molecule has 0 aliphatic carbocycles. The van der Waals surface area contributed by atoms with E-state index in [1.54, 1.807) is 24.3 Å². The molecule has 162 valence electrons.